The summed E-state index contributed by atoms with van der Waals surface area (Å²) in [6.07, 6.45) is 0. The summed E-state index contributed by atoms with van der Waals surface area (Å²) in [4.78, 5) is 0. The van der Waals surface area contributed by atoms with E-state index < -0.39 is 5.82 Å². The van der Waals surface area contributed by atoms with E-state index in [4.69, 9.17) is 21.4 Å². The van der Waals surface area contributed by atoms with Gasteiger partial charge in [-0.25, -0.2) is 4.39 Å². The molecule has 0 heterocycles. The molecule has 0 aliphatic rings. The summed E-state index contributed by atoms with van der Waals surface area (Å²) in [6, 6.07) is 8.31. The molecule has 0 aromatic heterocycles. The van der Waals surface area contributed by atoms with Gasteiger partial charge in [0.1, 0.15) is 18.2 Å². The topological polar surface area (TPSA) is 29.5 Å². The molecule has 2 aromatic carbocycles. The predicted octanol–water partition coefficient (Wildman–Crippen LogP) is 4.17. The first-order valence-electron chi connectivity index (χ1n) is 6.29. The van der Waals surface area contributed by atoms with E-state index in [0.717, 1.165) is 28.0 Å². The van der Waals surface area contributed by atoms with E-state index in [9.17, 15) is 4.39 Å². The molecular weight excluding hydrogens is 279 g/mol. The van der Waals surface area contributed by atoms with Crippen LogP contribution in [0.1, 0.15) is 22.3 Å². The summed E-state index contributed by atoms with van der Waals surface area (Å²) < 4.78 is 18.9. The van der Waals surface area contributed by atoms with Crippen LogP contribution in [0.25, 0.3) is 0 Å². The van der Waals surface area contributed by atoms with Gasteiger partial charge in [0.15, 0.2) is 0 Å². The number of hydrogen-bond donors (Lipinski definition) is 1. The average Bonchev–Trinajstić information content (AvgIpc) is 2.41. The number of halogens is 2. The number of hydrogen-bond acceptors (Lipinski definition) is 2. The maximum atomic E-state index is 13.1. The molecule has 2 rings (SSSR count). The fraction of sp³-hybridized carbons (Fsp3) is 0.250. The van der Waals surface area contributed by atoms with Crippen LogP contribution >= 0.6 is 11.6 Å². The molecule has 0 unspecified atom stereocenters. The lowest BCUT2D eigenvalue weighted by Crippen LogP contribution is -2.00. The van der Waals surface area contributed by atoms with Gasteiger partial charge in [-0.2, -0.15) is 0 Å². The molecule has 0 atom stereocenters. The molecule has 0 bridgehead atoms. The van der Waals surface area contributed by atoms with Crippen molar-refractivity contribution < 1.29 is 14.2 Å². The first-order chi connectivity index (χ1) is 9.51. The summed E-state index contributed by atoms with van der Waals surface area (Å²) in [6.45, 7) is 4.19. The second-order valence-electron chi connectivity index (χ2n) is 4.75. The number of aryl methyl sites for hydroxylation is 2. The van der Waals surface area contributed by atoms with Gasteiger partial charge in [0.05, 0.1) is 11.6 Å². The Morgan fingerprint density at radius 1 is 1.10 bits per heavy atom. The Hall–Kier alpha value is -1.58. The van der Waals surface area contributed by atoms with Crippen LogP contribution in [0.15, 0.2) is 30.3 Å². The molecule has 20 heavy (non-hydrogen) atoms. The van der Waals surface area contributed by atoms with E-state index in [2.05, 4.69) is 0 Å². The Labute approximate surface area is 122 Å². The van der Waals surface area contributed by atoms with Crippen molar-refractivity contribution in [2.45, 2.75) is 27.1 Å². The molecule has 0 spiro atoms. The van der Waals surface area contributed by atoms with E-state index in [0.29, 0.717) is 6.61 Å². The normalized spacial score (nSPS) is 10.7. The van der Waals surface area contributed by atoms with Gasteiger partial charge in [0.2, 0.25) is 0 Å². The average molecular weight is 295 g/mol. The number of ether oxygens (including phenoxy) is 1. The minimum absolute atomic E-state index is 0.00945. The molecule has 0 amide bonds. The van der Waals surface area contributed by atoms with Crippen LogP contribution in [0.4, 0.5) is 4.39 Å². The zero-order chi connectivity index (χ0) is 14.7. The van der Waals surface area contributed by atoms with E-state index >= 15 is 0 Å². The Balaban J connectivity index is 2.16. The third-order valence-electron chi connectivity index (χ3n) is 3.07. The van der Waals surface area contributed by atoms with Crippen molar-refractivity contribution in [3.05, 3.63) is 63.4 Å². The third kappa shape index (κ3) is 3.30. The van der Waals surface area contributed by atoms with Gasteiger partial charge >= 0.3 is 0 Å². The van der Waals surface area contributed by atoms with Gasteiger partial charge in [-0.05, 0) is 48.2 Å². The Morgan fingerprint density at radius 3 is 2.30 bits per heavy atom. The summed E-state index contributed by atoms with van der Waals surface area (Å²) >= 11 is 5.74. The smallest absolute Gasteiger partial charge is 0.141 e. The van der Waals surface area contributed by atoms with Crippen molar-refractivity contribution in [3.8, 4) is 5.75 Å². The standard InChI is InChI=1S/C16H16ClFO2/c1-10-5-13(8-19)6-11(2)16(10)20-9-12-3-4-15(18)14(17)7-12/h3-7,19H,8-9H2,1-2H3. The summed E-state index contributed by atoms with van der Waals surface area (Å²) in [7, 11) is 0. The first-order valence-corrected chi connectivity index (χ1v) is 6.66. The summed E-state index contributed by atoms with van der Waals surface area (Å²) in [5.74, 6) is 0.345. The Morgan fingerprint density at radius 2 is 1.75 bits per heavy atom. The van der Waals surface area contributed by atoms with Crippen LogP contribution in [0, 0.1) is 19.7 Å². The lowest BCUT2D eigenvalue weighted by molar-refractivity contribution is 0.280. The van der Waals surface area contributed by atoms with Crippen LogP contribution in [-0.2, 0) is 13.2 Å². The van der Waals surface area contributed by atoms with Crippen molar-refractivity contribution in [3.63, 3.8) is 0 Å². The lowest BCUT2D eigenvalue weighted by Gasteiger charge is -2.14. The van der Waals surface area contributed by atoms with Gasteiger partial charge in [-0.15, -0.1) is 0 Å². The van der Waals surface area contributed by atoms with Crippen LogP contribution in [0.3, 0.4) is 0 Å². The van der Waals surface area contributed by atoms with Gasteiger partial charge in [-0.3, -0.25) is 0 Å². The first kappa shape index (κ1) is 14.8. The predicted molar refractivity (Wildman–Crippen MR) is 77.6 cm³/mol. The highest BCUT2D eigenvalue weighted by molar-refractivity contribution is 6.30. The second kappa shape index (κ2) is 6.25. The van der Waals surface area contributed by atoms with Crippen molar-refractivity contribution in [1.82, 2.24) is 0 Å². The highest BCUT2D eigenvalue weighted by Crippen LogP contribution is 2.26. The zero-order valence-electron chi connectivity index (χ0n) is 11.4. The van der Waals surface area contributed by atoms with Crippen LogP contribution in [0.2, 0.25) is 5.02 Å². The zero-order valence-corrected chi connectivity index (χ0v) is 12.2. The second-order valence-corrected chi connectivity index (χ2v) is 5.16. The maximum absolute atomic E-state index is 13.1. The van der Waals surface area contributed by atoms with Crippen LogP contribution < -0.4 is 4.74 Å². The fourth-order valence-electron chi connectivity index (χ4n) is 2.14. The maximum Gasteiger partial charge on any atom is 0.141 e. The van der Waals surface area contributed by atoms with E-state index in [1.807, 2.05) is 26.0 Å². The molecule has 2 aromatic rings. The number of rotatable bonds is 4. The van der Waals surface area contributed by atoms with Gasteiger partial charge in [-0.1, -0.05) is 29.8 Å². The molecule has 0 fully saturated rings. The Kier molecular flexibility index (Phi) is 4.63. The van der Waals surface area contributed by atoms with Gasteiger partial charge < -0.3 is 9.84 Å². The number of aliphatic hydroxyl groups excluding tert-OH is 1. The van der Waals surface area contributed by atoms with E-state index in [1.54, 1.807) is 12.1 Å². The molecule has 0 aliphatic heterocycles. The Bertz CT molecular complexity index is 603. The molecule has 0 saturated carbocycles. The molecule has 0 radical (unpaired) electrons. The number of benzene rings is 2. The summed E-state index contributed by atoms with van der Waals surface area (Å²) in [5.41, 5.74) is 3.59. The van der Waals surface area contributed by atoms with Crippen molar-refractivity contribution >= 4 is 11.6 Å². The van der Waals surface area contributed by atoms with E-state index in [1.165, 1.54) is 6.07 Å². The van der Waals surface area contributed by atoms with Crippen LogP contribution in [0.5, 0.6) is 5.75 Å². The van der Waals surface area contributed by atoms with Gasteiger partial charge in [0, 0.05) is 0 Å². The van der Waals surface area contributed by atoms with Crippen molar-refractivity contribution in [1.29, 1.82) is 0 Å². The SMILES string of the molecule is Cc1cc(CO)cc(C)c1OCc1ccc(F)c(Cl)c1. The lowest BCUT2D eigenvalue weighted by atomic mass is 10.1. The largest absolute Gasteiger partial charge is 0.488 e. The monoisotopic (exact) mass is 294 g/mol. The highest BCUT2D eigenvalue weighted by atomic mass is 35.5. The van der Waals surface area contributed by atoms with E-state index in [-0.39, 0.29) is 11.6 Å². The number of aliphatic hydroxyl groups is 1. The molecule has 106 valence electrons. The van der Waals surface area contributed by atoms with Crippen molar-refractivity contribution in [2.24, 2.45) is 0 Å². The van der Waals surface area contributed by atoms with Crippen molar-refractivity contribution in [2.75, 3.05) is 0 Å². The molecule has 1 N–H and O–H groups in total. The minimum Gasteiger partial charge on any atom is -0.488 e. The molecule has 2 nitrogen and oxygen atoms in total. The third-order valence-corrected chi connectivity index (χ3v) is 3.36. The summed E-state index contributed by atoms with van der Waals surface area (Å²) in [5, 5.41) is 9.24. The minimum atomic E-state index is -0.435. The molecule has 0 aliphatic carbocycles. The fourth-order valence-corrected chi connectivity index (χ4v) is 2.35. The molecule has 0 saturated heterocycles. The molecular formula is C16H16ClFO2. The van der Waals surface area contributed by atoms with Crippen LogP contribution in [-0.4, -0.2) is 5.11 Å². The molecule has 4 heteroatoms. The highest BCUT2D eigenvalue weighted by Gasteiger charge is 2.07. The van der Waals surface area contributed by atoms with Gasteiger partial charge in [0.25, 0.3) is 0 Å². The quantitative estimate of drug-likeness (QED) is 0.917.